The first-order valence-corrected chi connectivity index (χ1v) is 12.7. The highest BCUT2D eigenvalue weighted by Gasteiger charge is 2.48. The third-order valence-electron chi connectivity index (χ3n) is 7.27. The van der Waals surface area contributed by atoms with Crippen molar-refractivity contribution in [3.63, 3.8) is 0 Å². The molecule has 2 N–H and O–H groups in total. The standard InChI is InChI=1S/C27H38N4O4/c1-16(2)14-21-23-18(17-10-6-7-11-19(17)28-23)15-22-24(32)29-20(25(33)31(21)22)12-8-9-13-30(26(34)35)27(3,4)5/h6-7,10-11,16,20-22,28H,8-9,12-15H2,1-5H3,(H,29,32)(H,34,35)/p-1/t20?,21?,22-/m0/s1. The van der Waals surface area contributed by atoms with Gasteiger partial charge in [-0.1, -0.05) is 32.0 Å². The van der Waals surface area contributed by atoms with Gasteiger partial charge in [0.15, 0.2) is 0 Å². The lowest BCUT2D eigenvalue weighted by molar-refractivity contribution is -0.270. The molecule has 0 radical (unpaired) electrons. The van der Waals surface area contributed by atoms with Crippen LogP contribution in [0.5, 0.6) is 0 Å². The SMILES string of the molecule is CC(C)CC1c2[nH]c3ccccc3c2C[C@H]2C(=O)NC(CCCCN(C(=O)[O-])C(C)(C)C)C(=O)N12. The molecule has 8 nitrogen and oxygen atoms in total. The van der Waals surface area contributed by atoms with Gasteiger partial charge in [-0.2, -0.15) is 0 Å². The first-order chi connectivity index (χ1) is 16.5. The quantitative estimate of drug-likeness (QED) is 0.592. The molecule has 2 aliphatic heterocycles. The molecule has 2 aliphatic rings. The van der Waals surface area contributed by atoms with Gasteiger partial charge in [0.2, 0.25) is 11.8 Å². The molecule has 2 unspecified atom stereocenters. The van der Waals surface area contributed by atoms with Crippen LogP contribution < -0.4 is 10.4 Å². The Balaban J connectivity index is 1.53. The number of piperazine rings is 1. The minimum Gasteiger partial charge on any atom is -0.530 e. The summed E-state index contributed by atoms with van der Waals surface area (Å²) in [5.74, 6) is 0.199. The van der Waals surface area contributed by atoms with Gasteiger partial charge in [-0.3, -0.25) is 9.59 Å². The summed E-state index contributed by atoms with van der Waals surface area (Å²) in [6.45, 7) is 10.1. The number of carboxylic acid groups (broad SMARTS) is 1. The number of unbranched alkanes of at least 4 members (excludes halogenated alkanes) is 1. The summed E-state index contributed by atoms with van der Waals surface area (Å²) in [5, 5.41) is 15.6. The average Bonchev–Trinajstić information content (AvgIpc) is 3.14. The highest BCUT2D eigenvalue weighted by Crippen LogP contribution is 2.41. The van der Waals surface area contributed by atoms with Crippen LogP contribution in [0.3, 0.4) is 0 Å². The molecule has 2 aromatic rings. The van der Waals surface area contributed by atoms with E-state index in [9.17, 15) is 19.5 Å². The Kier molecular flexibility index (Phi) is 6.84. The Hall–Kier alpha value is -3.03. The summed E-state index contributed by atoms with van der Waals surface area (Å²) in [6, 6.07) is 6.83. The molecule has 1 aromatic carbocycles. The highest BCUT2D eigenvalue weighted by atomic mass is 16.4. The van der Waals surface area contributed by atoms with Crippen LogP contribution in [0, 0.1) is 5.92 Å². The van der Waals surface area contributed by atoms with Crippen molar-refractivity contribution in [3.05, 3.63) is 35.5 Å². The number of aromatic amines is 1. The van der Waals surface area contributed by atoms with Crippen molar-refractivity contribution >= 4 is 28.8 Å². The first kappa shape index (κ1) is 25.1. The molecule has 4 rings (SSSR count). The smallest absolute Gasteiger partial charge is 0.246 e. The molecule has 3 heterocycles. The van der Waals surface area contributed by atoms with Crippen LogP contribution in [-0.4, -0.2) is 56.9 Å². The highest BCUT2D eigenvalue weighted by molar-refractivity contribution is 5.99. The van der Waals surface area contributed by atoms with E-state index in [-0.39, 0.29) is 17.9 Å². The maximum atomic E-state index is 13.7. The van der Waals surface area contributed by atoms with Gasteiger partial charge in [0.05, 0.1) is 6.04 Å². The summed E-state index contributed by atoms with van der Waals surface area (Å²) in [7, 11) is 0. The van der Waals surface area contributed by atoms with Crippen LogP contribution in [0.15, 0.2) is 24.3 Å². The van der Waals surface area contributed by atoms with Gasteiger partial charge < -0.3 is 30.0 Å². The molecule has 8 heteroatoms. The normalized spacial score (nSPS) is 22.2. The predicted molar refractivity (Wildman–Crippen MR) is 132 cm³/mol. The molecule has 3 atom stereocenters. The number of carbonyl (C=O) groups excluding carboxylic acids is 3. The van der Waals surface area contributed by atoms with Crippen LogP contribution in [0.4, 0.5) is 4.79 Å². The lowest BCUT2D eigenvalue weighted by atomic mass is 9.85. The maximum absolute atomic E-state index is 13.7. The summed E-state index contributed by atoms with van der Waals surface area (Å²) in [6.07, 6.45) is 1.78. The molecular formula is C27H37N4O4-. The van der Waals surface area contributed by atoms with E-state index in [0.717, 1.165) is 28.6 Å². The summed E-state index contributed by atoms with van der Waals surface area (Å²) < 4.78 is 0. The fourth-order valence-corrected chi connectivity index (χ4v) is 5.60. The largest absolute Gasteiger partial charge is 0.530 e. The molecule has 1 saturated heterocycles. The van der Waals surface area contributed by atoms with Crippen molar-refractivity contribution in [1.82, 2.24) is 20.1 Å². The Morgan fingerprint density at radius 3 is 2.57 bits per heavy atom. The molecule has 0 aliphatic carbocycles. The lowest BCUT2D eigenvalue weighted by Crippen LogP contribution is -2.65. The minimum atomic E-state index is -1.19. The predicted octanol–water partition coefficient (Wildman–Crippen LogP) is 3.12. The summed E-state index contributed by atoms with van der Waals surface area (Å²) in [5.41, 5.74) is 2.67. The van der Waals surface area contributed by atoms with Crippen LogP contribution in [0.25, 0.3) is 10.9 Å². The second kappa shape index (κ2) is 9.55. The van der Waals surface area contributed by atoms with Gasteiger partial charge in [0.1, 0.15) is 18.2 Å². The number of nitrogens with one attached hydrogen (secondary N) is 2. The Morgan fingerprint density at radius 1 is 1.20 bits per heavy atom. The first-order valence-electron chi connectivity index (χ1n) is 12.7. The van der Waals surface area contributed by atoms with Crippen LogP contribution in [-0.2, 0) is 16.0 Å². The monoisotopic (exact) mass is 481 g/mol. The van der Waals surface area contributed by atoms with E-state index in [0.29, 0.717) is 38.1 Å². The third-order valence-corrected chi connectivity index (χ3v) is 7.27. The van der Waals surface area contributed by atoms with Crippen molar-refractivity contribution in [2.45, 2.75) is 90.4 Å². The zero-order valence-electron chi connectivity index (χ0n) is 21.4. The molecule has 0 bridgehead atoms. The number of fused-ring (bicyclic) bond motifs is 4. The Labute approximate surface area is 207 Å². The average molecular weight is 482 g/mol. The molecular weight excluding hydrogens is 444 g/mol. The van der Waals surface area contributed by atoms with Crippen molar-refractivity contribution in [3.8, 4) is 0 Å². The lowest BCUT2D eigenvalue weighted by Gasteiger charge is -2.47. The number of benzene rings is 1. The molecule has 1 fully saturated rings. The molecule has 35 heavy (non-hydrogen) atoms. The topological polar surface area (TPSA) is 109 Å². The van der Waals surface area contributed by atoms with Crippen LogP contribution in [0.2, 0.25) is 0 Å². The number of para-hydroxylation sites is 1. The number of aromatic nitrogens is 1. The Bertz CT molecular complexity index is 1120. The zero-order chi connectivity index (χ0) is 25.5. The number of H-pyrrole nitrogens is 1. The van der Waals surface area contributed by atoms with E-state index in [4.69, 9.17) is 0 Å². The number of rotatable bonds is 7. The molecule has 0 saturated carbocycles. The van der Waals surface area contributed by atoms with Gasteiger partial charge in [-0.25, -0.2) is 0 Å². The summed E-state index contributed by atoms with van der Waals surface area (Å²) in [4.78, 5) is 45.1. The van der Waals surface area contributed by atoms with Gasteiger partial charge >= 0.3 is 0 Å². The van der Waals surface area contributed by atoms with Crippen molar-refractivity contribution in [2.75, 3.05) is 6.54 Å². The second-order valence-corrected chi connectivity index (χ2v) is 11.3. The van der Waals surface area contributed by atoms with E-state index in [1.807, 2.05) is 43.9 Å². The van der Waals surface area contributed by atoms with E-state index < -0.39 is 23.7 Å². The molecule has 190 valence electrons. The number of nitrogens with zero attached hydrogens (tertiary/aromatic N) is 2. The zero-order valence-corrected chi connectivity index (χ0v) is 21.4. The van der Waals surface area contributed by atoms with Crippen LogP contribution in [0.1, 0.15) is 77.6 Å². The van der Waals surface area contributed by atoms with Gasteiger partial charge in [-0.05, 0) is 64.0 Å². The Morgan fingerprint density at radius 2 is 1.91 bits per heavy atom. The van der Waals surface area contributed by atoms with E-state index in [1.165, 1.54) is 4.90 Å². The number of carbonyl (C=O) groups is 3. The van der Waals surface area contributed by atoms with Gasteiger partial charge in [0, 0.05) is 35.1 Å². The summed E-state index contributed by atoms with van der Waals surface area (Å²) >= 11 is 0. The van der Waals surface area contributed by atoms with Gasteiger partial charge in [-0.15, -0.1) is 0 Å². The van der Waals surface area contributed by atoms with E-state index in [1.54, 1.807) is 0 Å². The van der Waals surface area contributed by atoms with Gasteiger partial charge in [0.25, 0.3) is 0 Å². The van der Waals surface area contributed by atoms with E-state index >= 15 is 0 Å². The van der Waals surface area contributed by atoms with Crippen molar-refractivity contribution in [2.24, 2.45) is 5.92 Å². The molecule has 0 spiro atoms. The molecule has 1 aromatic heterocycles. The van der Waals surface area contributed by atoms with Crippen LogP contribution >= 0.6 is 0 Å². The fourth-order valence-electron chi connectivity index (χ4n) is 5.60. The van der Waals surface area contributed by atoms with Crippen molar-refractivity contribution < 1.29 is 19.5 Å². The number of hydrogen-bond donors (Lipinski definition) is 2. The number of amides is 3. The van der Waals surface area contributed by atoms with Crippen molar-refractivity contribution in [1.29, 1.82) is 0 Å². The second-order valence-electron chi connectivity index (χ2n) is 11.3. The minimum absolute atomic E-state index is 0.0443. The fraction of sp³-hybridized carbons (Fsp3) is 0.593. The third kappa shape index (κ3) is 4.88. The maximum Gasteiger partial charge on any atom is 0.246 e. The molecule has 3 amide bonds. The number of hydrogen-bond acceptors (Lipinski definition) is 4. The van der Waals surface area contributed by atoms with E-state index in [2.05, 4.69) is 30.2 Å².